The zero-order chi connectivity index (χ0) is 11.5. The van der Waals surface area contributed by atoms with Crippen molar-refractivity contribution in [1.29, 1.82) is 0 Å². The topological polar surface area (TPSA) is 107 Å². The molecule has 1 aliphatic carbocycles. The Bertz CT molecular complexity index is 410. The minimum absolute atomic E-state index is 0.0392. The molecule has 5 N–H and O–H groups in total. The first kappa shape index (κ1) is 10.9. The van der Waals surface area contributed by atoms with E-state index in [1.54, 1.807) is 0 Å². The minimum atomic E-state index is -0.363. The maximum atomic E-state index is 11.2. The molecule has 16 heavy (non-hydrogen) atoms. The smallest absolute Gasteiger partial charge is 0.277 e. The second-order valence-corrected chi connectivity index (χ2v) is 4.11. The van der Waals surface area contributed by atoms with E-state index in [-0.39, 0.29) is 29.3 Å². The quantitative estimate of drug-likeness (QED) is 0.655. The number of aromatic nitrogens is 2. The van der Waals surface area contributed by atoms with E-state index in [9.17, 15) is 4.79 Å². The van der Waals surface area contributed by atoms with Crippen molar-refractivity contribution in [3.63, 3.8) is 0 Å². The molecule has 0 spiro atoms. The lowest BCUT2D eigenvalue weighted by Gasteiger charge is -2.26. The van der Waals surface area contributed by atoms with E-state index in [4.69, 9.17) is 16.2 Å². The zero-order valence-corrected chi connectivity index (χ0v) is 8.98. The van der Waals surface area contributed by atoms with Crippen LogP contribution in [0.4, 0.5) is 5.69 Å². The van der Waals surface area contributed by atoms with Crippen molar-refractivity contribution in [2.75, 3.05) is 5.73 Å². The molecule has 0 unspecified atom stereocenters. The second kappa shape index (κ2) is 4.52. The molecule has 1 saturated carbocycles. The van der Waals surface area contributed by atoms with Gasteiger partial charge in [-0.25, -0.2) is 4.98 Å². The summed E-state index contributed by atoms with van der Waals surface area (Å²) in [4.78, 5) is 17.5. The number of nitrogens with one attached hydrogen (secondary N) is 1. The first-order valence-electron chi connectivity index (χ1n) is 5.42. The highest BCUT2D eigenvalue weighted by molar-refractivity contribution is 5.44. The van der Waals surface area contributed by atoms with Crippen LogP contribution in [0, 0.1) is 0 Å². The summed E-state index contributed by atoms with van der Waals surface area (Å²) in [6.45, 7) is 0. The van der Waals surface area contributed by atoms with Crippen LogP contribution in [0.3, 0.4) is 0 Å². The van der Waals surface area contributed by atoms with Gasteiger partial charge in [0.15, 0.2) is 5.69 Å². The molecule has 0 atom stereocenters. The van der Waals surface area contributed by atoms with Crippen molar-refractivity contribution in [2.45, 2.75) is 37.8 Å². The van der Waals surface area contributed by atoms with Gasteiger partial charge in [-0.05, 0) is 25.7 Å². The molecular formula is C10H16N4O2. The molecule has 1 fully saturated rings. The summed E-state index contributed by atoms with van der Waals surface area (Å²) in [5, 5.41) is 0. The summed E-state index contributed by atoms with van der Waals surface area (Å²) < 4.78 is 5.60. The highest BCUT2D eigenvalue weighted by Gasteiger charge is 2.21. The van der Waals surface area contributed by atoms with Gasteiger partial charge in [0.2, 0.25) is 5.88 Å². The number of H-pyrrole nitrogens is 1. The number of nitrogens with zero attached hydrogens (tertiary/aromatic N) is 1. The number of aromatic amines is 1. The van der Waals surface area contributed by atoms with Gasteiger partial charge in [0.1, 0.15) is 6.10 Å². The van der Waals surface area contributed by atoms with Gasteiger partial charge in [-0.2, -0.15) is 0 Å². The van der Waals surface area contributed by atoms with Gasteiger partial charge in [0.25, 0.3) is 5.56 Å². The molecule has 0 radical (unpaired) electrons. The summed E-state index contributed by atoms with van der Waals surface area (Å²) in [5.41, 5.74) is 11.0. The average Bonchev–Trinajstić information content (AvgIpc) is 2.28. The first-order valence-corrected chi connectivity index (χ1v) is 5.42. The zero-order valence-electron chi connectivity index (χ0n) is 8.98. The monoisotopic (exact) mass is 224 g/mol. The van der Waals surface area contributed by atoms with Gasteiger partial charge < -0.3 is 21.2 Å². The minimum Gasteiger partial charge on any atom is -0.473 e. The van der Waals surface area contributed by atoms with Crippen molar-refractivity contribution in [2.24, 2.45) is 5.73 Å². The fourth-order valence-corrected chi connectivity index (χ4v) is 1.85. The Morgan fingerprint density at radius 1 is 1.38 bits per heavy atom. The Morgan fingerprint density at radius 2 is 2.06 bits per heavy atom. The molecule has 6 heteroatoms. The maximum Gasteiger partial charge on any atom is 0.277 e. The third-order valence-corrected chi connectivity index (χ3v) is 2.85. The van der Waals surface area contributed by atoms with Crippen LogP contribution in [0.5, 0.6) is 5.88 Å². The molecular weight excluding hydrogens is 208 g/mol. The van der Waals surface area contributed by atoms with Gasteiger partial charge in [-0.1, -0.05) is 0 Å². The Kier molecular flexibility index (Phi) is 3.09. The normalized spacial score (nSPS) is 25.3. The van der Waals surface area contributed by atoms with Crippen molar-refractivity contribution in [3.05, 3.63) is 16.7 Å². The number of hydrogen-bond acceptors (Lipinski definition) is 5. The van der Waals surface area contributed by atoms with E-state index in [2.05, 4.69) is 9.97 Å². The molecule has 6 nitrogen and oxygen atoms in total. The number of nitrogen functional groups attached to an aromatic ring is 1. The van der Waals surface area contributed by atoms with Gasteiger partial charge >= 0.3 is 0 Å². The summed E-state index contributed by atoms with van der Waals surface area (Å²) in [5.74, 6) is 0.226. The highest BCUT2D eigenvalue weighted by atomic mass is 16.5. The van der Waals surface area contributed by atoms with Crippen LogP contribution in [0.25, 0.3) is 0 Å². The Balaban J connectivity index is 2.04. The largest absolute Gasteiger partial charge is 0.473 e. The molecule has 0 saturated heterocycles. The number of anilines is 1. The molecule has 0 aromatic carbocycles. The Labute approximate surface area is 93.0 Å². The van der Waals surface area contributed by atoms with E-state index in [0.717, 1.165) is 25.7 Å². The van der Waals surface area contributed by atoms with Crippen molar-refractivity contribution in [3.8, 4) is 5.88 Å². The maximum absolute atomic E-state index is 11.2. The van der Waals surface area contributed by atoms with Crippen LogP contribution in [0.2, 0.25) is 0 Å². The van der Waals surface area contributed by atoms with Gasteiger partial charge in [0.05, 0.1) is 6.33 Å². The Hall–Kier alpha value is -1.56. The van der Waals surface area contributed by atoms with E-state index in [1.807, 2.05) is 0 Å². The highest BCUT2D eigenvalue weighted by Crippen LogP contribution is 2.23. The molecule has 1 aliphatic rings. The SMILES string of the molecule is Nc1c(OC2CCC(N)CC2)nc[nH]c1=O. The number of ether oxygens (including phenoxy) is 1. The molecule has 1 aromatic rings. The number of hydrogen-bond donors (Lipinski definition) is 3. The summed E-state index contributed by atoms with van der Waals surface area (Å²) in [7, 11) is 0. The lowest BCUT2D eigenvalue weighted by molar-refractivity contribution is 0.142. The van der Waals surface area contributed by atoms with Gasteiger partial charge in [-0.15, -0.1) is 0 Å². The lowest BCUT2D eigenvalue weighted by atomic mass is 9.94. The second-order valence-electron chi connectivity index (χ2n) is 4.11. The molecule has 0 bridgehead atoms. The number of nitrogens with two attached hydrogens (primary N) is 2. The van der Waals surface area contributed by atoms with Crippen molar-refractivity contribution in [1.82, 2.24) is 9.97 Å². The molecule has 2 rings (SSSR count). The Morgan fingerprint density at radius 3 is 2.75 bits per heavy atom. The molecule has 1 heterocycles. The third-order valence-electron chi connectivity index (χ3n) is 2.85. The van der Waals surface area contributed by atoms with Crippen LogP contribution in [0.15, 0.2) is 11.1 Å². The van der Waals surface area contributed by atoms with Gasteiger partial charge in [0, 0.05) is 6.04 Å². The van der Waals surface area contributed by atoms with Crippen molar-refractivity contribution >= 4 is 5.69 Å². The molecule has 0 aliphatic heterocycles. The fourth-order valence-electron chi connectivity index (χ4n) is 1.85. The van der Waals surface area contributed by atoms with Crippen molar-refractivity contribution < 1.29 is 4.74 Å². The first-order chi connectivity index (χ1) is 7.66. The predicted octanol–water partition coefficient (Wildman–Crippen LogP) is 0.000800. The van der Waals surface area contributed by atoms with Crippen LogP contribution in [0.1, 0.15) is 25.7 Å². The van der Waals surface area contributed by atoms with Crippen LogP contribution in [-0.2, 0) is 0 Å². The molecule has 88 valence electrons. The van der Waals surface area contributed by atoms with Crippen LogP contribution >= 0.6 is 0 Å². The van der Waals surface area contributed by atoms with E-state index in [1.165, 1.54) is 6.33 Å². The summed E-state index contributed by atoms with van der Waals surface area (Å²) >= 11 is 0. The van der Waals surface area contributed by atoms with Gasteiger partial charge in [-0.3, -0.25) is 4.79 Å². The summed E-state index contributed by atoms with van der Waals surface area (Å²) in [6, 6.07) is 0.268. The average molecular weight is 224 g/mol. The predicted molar refractivity (Wildman–Crippen MR) is 60.1 cm³/mol. The van der Waals surface area contributed by atoms with Crippen LogP contribution in [-0.4, -0.2) is 22.1 Å². The standard InChI is InChI=1S/C10H16N4O2/c11-6-1-3-7(4-2-6)16-10-8(12)9(15)13-5-14-10/h5-7H,1-4,11-12H2,(H,13,14,15). The fraction of sp³-hybridized carbons (Fsp3) is 0.600. The molecule has 1 aromatic heterocycles. The van der Waals surface area contributed by atoms with Crippen LogP contribution < -0.4 is 21.8 Å². The van der Waals surface area contributed by atoms with E-state index in [0.29, 0.717) is 0 Å². The number of rotatable bonds is 2. The van der Waals surface area contributed by atoms with E-state index >= 15 is 0 Å². The van der Waals surface area contributed by atoms with E-state index < -0.39 is 0 Å². The molecule has 0 amide bonds. The third kappa shape index (κ3) is 2.33. The lowest BCUT2D eigenvalue weighted by Crippen LogP contribution is -2.32. The summed E-state index contributed by atoms with van der Waals surface area (Å²) in [6.07, 6.45) is 5.00.